The molecule has 1 aliphatic rings. The molecule has 0 bridgehead atoms. The zero-order valence-electron chi connectivity index (χ0n) is 11.0. The summed E-state index contributed by atoms with van der Waals surface area (Å²) in [7, 11) is 0. The van der Waals surface area contributed by atoms with Gasteiger partial charge in [-0.3, -0.25) is 0 Å². The van der Waals surface area contributed by atoms with E-state index in [0.29, 0.717) is 15.9 Å². The Morgan fingerprint density at radius 3 is 2.68 bits per heavy atom. The van der Waals surface area contributed by atoms with E-state index in [1.165, 1.54) is 0 Å². The van der Waals surface area contributed by atoms with Crippen molar-refractivity contribution in [3.63, 3.8) is 0 Å². The summed E-state index contributed by atoms with van der Waals surface area (Å²) in [6.45, 7) is 4.45. The van der Waals surface area contributed by atoms with Gasteiger partial charge in [-0.1, -0.05) is 30.1 Å². The van der Waals surface area contributed by atoms with Crippen LogP contribution in [0, 0.1) is 0 Å². The molecule has 0 amide bonds. The molecule has 1 aromatic heterocycles. The topological polar surface area (TPSA) is 48.4 Å². The summed E-state index contributed by atoms with van der Waals surface area (Å²) in [5.74, 6) is 1.42. The Bertz CT molecular complexity index is 434. The molecule has 0 spiro atoms. The van der Waals surface area contributed by atoms with Crippen LogP contribution in [-0.4, -0.2) is 35.8 Å². The van der Waals surface area contributed by atoms with Crippen molar-refractivity contribution in [3.05, 3.63) is 16.1 Å². The van der Waals surface area contributed by atoms with Gasteiger partial charge in [-0.15, -0.1) is 0 Å². The maximum atomic E-state index is 9.54. The molecule has 1 fully saturated rings. The molecule has 19 heavy (non-hydrogen) atoms. The number of hydrogen-bond donors (Lipinski definition) is 2. The molecule has 2 N–H and O–H groups in total. The molecule has 0 unspecified atom stereocenters. The van der Waals surface area contributed by atoms with Crippen LogP contribution in [0.25, 0.3) is 0 Å². The molecule has 4 nitrogen and oxygen atoms in total. The van der Waals surface area contributed by atoms with E-state index in [4.69, 9.17) is 23.2 Å². The van der Waals surface area contributed by atoms with Crippen LogP contribution in [0.4, 0.5) is 11.6 Å². The summed E-state index contributed by atoms with van der Waals surface area (Å²) >= 11 is 12.4. The minimum absolute atomic E-state index is 0.208. The zero-order valence-corrected chi connectivity index (χ0v) is 12.5. The van der Waals surface area contributed by atoms with E-state index in [1.807, 2.05) is 0 Å². The van der Waals surface area contributed by atoms with Gasteiger partial charge in [0, 0.05) is 19.6 Å². The van der Waals surface area contributed by atoms with E-state index in [2.05, 4.69) is 22.1 Å². The van der Waals surface area contributed by atoms with E-state index < -0.39 is 0 Å². The quantitative estimate of drug-likeness (QED) is 0.897. The van der Waals surface area contributed by atoms with Crippen molar-refractivity contribution in [3.8, 4) is 0 Å². The molecular weight excluding hydrogens is 285 g/mol. The monoisotopic (exact) mass is 303 g/mol. The lowest BCUT2D eigenvalue weighted by atomic mass is 10.1. The van der Waals surface area contributed by atoms with Crippen LogP contribution in [-0.2, 0) is 0 Å². The second kappa shape index (κ2) is 6.64. The number of anilines is 2. The number of halogens is 2. The van der Waals surface area contributed by atoms with Gasteiger partial charge in [-0.25, -0.2) is 4.98 Å². The molecule has 2 rings (SSSR count). The first kappa shape index (κ1) is 14.7. The molecule has 1 aliphatic heterocycles. The highest BCUT2D eigenvalue weighted by atomic mass is 35.5. The number of nitrogens with zero attached hydrogens (tertiary/aromatic N) is 2. The van der Waals surface area contributed by atoms with Crippen molar-refractivity contribution in [2.24, 2.45) is 0 Å². The van der Waals surface area contributed by atoms with Crippen molar-refractivity contribution in [2.45, 2.75) is 32.3 Å². The van der Waals surface area contributed by atoms with E-state index in [-0.39, 0.29) is 6.10 Å². The van der Waals surface area contributed by atoms with Crippen molar-refractivity contribution in [1.29, 1.82) is 0 Å². The number of rotatable bonds is 4. The Morgan fingerprint density at radius 2 is 2.05 bits per heavy atom. The third-order valence-electron chi connectivity index (χ3n) is 3.22. The Kier molecular flexibility index (Phi) is 5.13. The fourth-order valence-corrected chi connectivity index (χ4v) is 2.67. The number of nitrogens with one attached hydrogen (secondary N) is 1. The van der Waals surface area contributed by atoms with Gasteiger partial charge < -0.3 is 15.3 Å². The van der Waals surface area contributed by atoms with Crippen molar-refractivity contribution in [2.75, 3.05) is 29.9 Å². The van der Waals surface area contributed by atoms with Crippen molar-refractivity contribution in [1.82, 2.24) is 4.98 Å². The molecule has 1 saturated heterocycles. The van der Waals surface area contributed by atoms with Crippen LogP contribution in [0.15, 0.2) is 6.07 Å². The maximum absolute atomic E-state index is 9.54. The fourth-order valence-electron chi connectivity index (χ4n) is 2.12. The average molecular weight is 304 g/mol. The van der Waals surface area contributed by atoms with E-state index in [1.54, 1.807) is 6.07 Å². The summed E-state index contributed by atoms with van der Waals surface area (Å²) in [6.07, 6.45) is 2.29. The molecule has 2 heterocycles. The highest BCUT2D eigenvalue weighted by Gasteiger charge is 2.21. The largest absolute Gasteiger partial charge is 0.393 e. The molecule has 106 valence electrons. The average Bonchev–Trinajstić information content (AvgIpc) is 2.39. The molecule has 6 heteroatoms. The Labute approximate surface area is 123 Å². The number of aliphatic hydroxyl groups excluding tert-OH is 1. The first-order valence-electron chi connectivity index (χ1n) is 6.64. The highest BCUT2D eigenvalue weighted by Crippen LogP contribution is 2.32. The highest BCUT2D eigenvalue weighted by molar-refractivity contribution is 6.37. The lowest BCUT2D eigenvalue weighted by Crippen LogP contribution is -2.36. The summed E-state index contributed by atoms with van der Waals surface area (Å²) in [5, 5.41) is 13.8. The van der Waals surface area contributed by atoms with Crippen LogP contribution >= 0.6 is 23.2 Å². The maximum Gasteiger partial charge on any atom is 0.149 e. The molecule has 1 aromatic rings. The minimum atomic E-state index is -0.208. The second-order valence-electron chi connectivity index (χ2n) is 4.77. The first-order valence-corrected chi connectivity index (χ1v) is 7.40. The normalized spacial score (nSPS) is 16.7. The van der Waals surface area contributed by atoms with Crippen molar-refractivity contribution >= 4 is 34.8 Å². The van der Waals surface area contributed by atoms with E-state index in [0.717, 1.165) is 44.7 Å². The zero-order chi connectivity index (χ0) is 13.8. The number of aliphatic hydroxyl groups is 1. The van der Waals surface area contributed by atoms with Crippen LogP contribution in [0.2, 0.25) is 10.0 Å². The molecule has 0 aliphatic carbocycles. The predicted molar refractivity (Wildman–Crippen MR) is 80.5 cm³/mol. The number of piperidine rings is 1. The van der Waals surface area contributed by atoms with Gasteiger partial charge in [0.2, 0.25) is 0 Å². The van der Waals surface area contributed by atoms with Crippen molar-refractivity contribution < 1.29 is 5.11 Å². The van der Waals surface area contributed by atoms with Gasteiger partial charge in [-0.2, -0.15) is 0 Å². The number of aromatic nitrogens is 1. The molecular formula is C13H19Cl2N3O. The predicted octanol–water partition coefficient (Wildman–Crippen LogP) is 3.17. The van der Waals surface area contributed by atoms with E-state index in [9.17, 15) is 5.11 Å². The lowest BCUT2D eigenvalue weighted by Gasteiger charge is -2.31. The smallest absolute Gasteiger partial charge is 0.149 e. The number of hydrogen-bond acceptors (Lipinski definition) is 4. The summed E-state index contributed by atoms with van der Waals surface area (Å²) in [6, 6.07) is 1.73. The van der Waals surface area contributed by atoms with Gasteiger partial charge in [0.05, 0.1) is 16.1 Å². The minimum Gasteiger partial charge on any atom is -0.393 e. The third kappa shape index (κ3) is 3.65. The third-order valence-corrected chi connectivity index (χ3v) is 3.78. The molecule has 0 atom stereocenters. The molecule has 0 aromatic carbocycles. The summed E-state index contributed by atoms with van der Waals surface area (Å²) in [4.78, 5) is 6.63. The Hall–Kier alpha value is -0.710. The lowest BCUT2D eigenvalue weighted by molar-refractivity contribution is 0.145. The van der Waals surface area contributed by atoms with Gasteiger partial charge in [-0.05, 0) is 25.3 Å². The SMILES string of the molecule is CCCNc1nc(N2CCC(O)CC2)c(Cl)cc1Cl. The van der Waals surface area contributed by atoms with E-state index >= 15 is 0 Å². The molecule has 0 radical (unpaired) electrons. The van der Waals surface area contributed by atoms with Crippen LogP contribution in [0.5, 0.6) is 0 Å². The van der Waals surface area contributed by atoms with Gasteiger partial charge in [0.25, 0.3) is 0 Å². The Morgan fingerprint density at radius 1 is 1.37 bits per heavy atom. The van der Waals surface area contributed by atoms with Crippen LogP contribution in [0.1, 0.15) is 26.2 Å². The summed E-state index contributed by atoms with van der Waals surface area (Å²) < 4.78 is 0. The first-order chi connectivity index (χ1) is 9.11. The molecule has 0 saturated carbocycles. The van der Waals surface area contributed by atoms with Crippen LogP contribution in [0.3, 0.4) is 0 Å². The van der Waals surface area contributed by atoms with Crippen LogP contribution < -0.4 is 10.2 Å². The fraction of sp³-hybridized carbons (Fsp3) is 0.615. The number of pyridine rings is 1. The van der Waals surface area contributed by atoms with Gasteiger partial charge >= 0.3 is 0 Å². The second-order valence-corrected chi connectivity index (χ2v) is 5.58. The standard InChI is InChI=1S/C13H19Cl2N3O/c1-2-5-16-12-10(14)8-11(15)13(17-12)18-6-3-9(19)4-7-18/h8-9,19H,2-7H2,1H3,(H,16,17). The van der Waals surface area contributed by atoms with Gasteiger partial charge in [0.1, 0.15) is 11.6 Å². The van der Waals surface area contributed by atoms with Gasteiger partial charge in [0.15, 0.2) is 0 Å². The Balaban J connectivity index is 2.19. The summed E-state index contributed by atoms with van der Waals surface area (Å²) in [5.41, 5.74) is 0.